The summed E-state index contributed by atoms with van der Waals surface area (Å²) in [4.78, 5) is 34.7. The van der Waals surface area contributed by atoms with E-state index in [1.165, 1.54) is 6.07 Å². The maximum atomic E-state index is 12.1. The Morgan fingerprint density at radius 2 is 1.83 bits per heavy atom. The summed E-state index contributed by atoms with van der Waals surface area (Å²) >= 11 is 0. The lowest BCUT2D eigenvalue weighted by molar-refractivity contribution is -0.129. The molecule has 2 aromatic rings. The number of hydroxylamine groups is 1. The predicted molar refractivity (Wildman–Crippen MR) is 87.8 cm³/mol. The van der Waals surface area contributed by atoms with E-state index in [0.29, 0.717) is 23.9 Å². The van der Waals surface area contributed by atoms with Gasteiger partial charge in [0, 0.05) is 18.4 Å². The second kappa shape index (κ2) is 8.83. The van der Waals surface area contributed by atoms with Gasteiger partial charge in [-0.2, -0.15) is 0 Å². The summed E-state index contributed by atoms with van der Waals surface area (Å²) in [7, 11) is 0. The molecule has 0 spiro atoms. The van der Waals surface area contributed by atoms with Crippen molar-refractivity contribution < 1.29 is 19.2 Å². The van der Waals surface area contributed by atoms with Gasteiger partial charge in [0.1, 0.15) is 11.1 Å². The second-order valence-corrected chi connectivity index (χ2v) is 5.44. The summed E-state index contributed by atoms with van der Waals surface area (Å²) in [6.07, 6.45) is 3.35. The maximum absolute atomic E-state index is 12.1. The van der Waals surface area contributed by atoms with Gasteiger partial charge in [0.25, 0.3) is 5.91 Å². The van der Waals surface area contributed by atoms with E-state index in [1.54, 1.807) is 29.7 Å². The number of carbonyl (C=O) groups is 2. The van der Waals surface area contributed by atoms with Crippen LogP contribution >= 0.6 is 0 Å². The molecule has 7 nitrogen and oxygen atoms in total. The fraction of sp³-hybridized carbons (Fsp3) is 0.353. The molecule has 0 aliphatic carbocycles. The number of amides is 2. The van der Waals surface area contributed by atoms with E-state index in [0.717, 1.165) is 19.3 Å². The molecule has 0 atom stereocenters. The van der Waals surface area contributed by atoms with E-state index in [1.807, 2.05) is 0 Å². The molecule has 0 fully saturated rings. The Hall–Kier alpha value is -2.67. The van der Waals surface area contributed by atoms with Gasteiger partial charge in [-0.1, -0.05) is 31.0 Å². The Morgan fingerprint density at radius 1 is 1.08 bits per heavy atom. The van der Waals surface area contributed by atoms with Crippen LogP contribution in [0.3, 0.4) is 0 Å². The van der Waals surface area contributed by atoms with Crippen LogP contribution in [-0.2, 0) is 4.79 Å². The largest absolute Gasteiger partial charge is 0.422 e. The fourth-order valence-electron chi connectivity index (χ4n) is 2.34. The Morgan fingerprint density at radius 3 is 2.62 bits per heavy atom. The molecule has 1 heterocycles. The summed E-state index contributed by atoms with van der Waals surface area (Å²) in [5.74, 6) is -0.847. The van der Waals surface area contributed by atoms with Crippen LogP contribution in [0.2, 0.25) is 0 Å². The first-order valence-electron chi connectivity index (χ1n) is 7.86. The third-order valence-corrected chi connectivity index (χ3v) is 3.63. The van der Waals surface area contributed by atoms with Gasteiger partial charge in [-0.3, -0.25) is 14.8 Å². The van der Waals surface area contributed by atoms with E-state index in [4.69, 9.17) is 9.62 Å². The molecule has 2 rings (SSSR count). The molecular weight excluding hydrogens is 312 g/mol. The van der Waals surface area contributed by atoms with E-state index >= 15 is 0 Å². The van der Waals surface area contributed by atoms with Crippen LogP contribution in [0, 0.1) is 0 Å². The van der Waals surface area contributed by atoms with Crippen molar-refractivity contribution in [1.82, 2.24) is 10.8 Å². The average molecular weight is 332 g/mol. The average Bonchev–Trinajstić information content (AvgIpc) is 2.59. The molecule has 1 aromatic heterocycles. The Labute approximate surface area is 138 Å². The number of benzene rings is 1. The quantitative estimate of drug-likeness (QED) is 0.296. The minimum atomic E-state index is -0.652. The van der Waals surface area contributed by atoms with Crippen LogP contribution in [0.25, 0.3) is 11.0 Å². The Kier molecular flexibility index (Phi) is 6.51. The van der Waals surface area contributed by atoms with Crippen molar-refractivity contribution in [3.05, 3.63) is 46.3 Å². The van der Waals surface area contributed by atoms with Crippen molar-refractivity contribution in [2.75, 3.05) is 6.54 Å². The summed E-state index contributed by atoms with van der Waals surface area (Å²) in [5, 5.41) is 11.7. The summed E-state index contributed by atoms with van der Waals surface area (Å²) in [5.41, 5.74) is 1.38. The van der Waals surface area contributed by atoms with Crippen molar-refractivity contribution in [2.24, 2.45) is 0 Å². The van der Waals surface area contributed by atoms with Gasteiger partial charge in [-0.25, -0.2) is 10.3 Å². The van der Waals surface area contributed by atoms with Crippen LogP contribution in [0.15, 0.2) is 39.5 Å². The topological polar surface area (TPSA) is 109 Å². The zero-order chi connectivity index (χ0) is 17.4. The number of fused-ring (bicyclic) bond motifs is 1. The van der Waals surface area contributed by atoms with E-state index in [9.17, 15) is 14.4 Å². The molecule has 0 saturated carbocycles. The lowest BCUT2D eigenvalue weighted by atomic mass is 10.1. The Balaban J connectivity index is 1.78. The molecule has 128 valence electrons. The van der Waals surface area contributed by atoms with Gasteiger partial charge in [-0.05, 0) is 25.0 Å². The molecule has 1 aromatic carbocycles. The molecule has 2 amide bonds. The van der Waals surface area contributed by atoms with E-state index in [2.05, 4.69) is 5.32 Å². The van der Waals surface area contributed by atoms with Crippen molar-refractivity contribution in [2.45, 2.75) is 32.1 Å². The Bertz CT molecular complexity index is 769. The van der Waals surface area contributed by atoms with Crippen LogP contribution in [0.4, 0.5) is 0 Å². The molecule has 0 bridgehead atoms. The molecule has 3 N–H and O–H groups in total. The molecule has 0 saturated heterocycles. The fourth-order valence-corrected chi connectivity index (χ4v) is 2.34. The van der Waals surface area contributed by atoms with Crippen LogP contribution in [-0.4, -0.2) is 23.6 Å². The molecule has 0 aliphatic rings. The standard InChI is InChI=1S/C17H20N2O5/c20-15(19-23)9-3-1-2-6-10-18-16(21)13-11-12-7-4-5-8-14(12)24-17(13)22/h4-5,7-8,11,23H,1-3,6,9-10H2,(H,18,21)(H,19,20). The van der Waals surface area contributed by atoms with Gasteiger partial charge in [0.05, 0.1) is 0 Å². The second-order valence-electron chi connectivity index (χ2n) is 5.44. The van der Waals surface area contributed by atoms with Gasteiger partial charge >= 0.3 is 5.63 Å². The third kappa shape index (κ3) is 4.92. The highest BCUT2D eigenvalue weighted by atomic mass is 16.5. The summed E-state index contributed by atoms with van der Waals surface area (Å²) < 4.78 is 5.13. The monoisotopic (exact) mass is 332 g/mol. The minimum absolute atomic E-state index is 0.00619. The van der Waals surface area contributed by atoms with Crippen LogP contribution in [0.5, 0.6) is 0 Å². The first-order chi connectivity index (χ1) is 11.6. The summed E-state index contributed by atoms with van der Waals surface area (Å²) in [6.45, 7) is 0.442. The number of unbranched alkanes of at least 4 members (excludes halogenated alkanes) is 3. The zero-order valence-electron chi connectivity index (χ0n) is 13.2. The van der Waals surface area contributed by atoms with Crippen LogP contribution < -0.4 is 16.4 Å². The van der Waals surface area contributed by atoms with Gasteiger partial charge < -0.3 is 9.73 Å². The molecular formula is C17H20N2O5. The van der Waals surface area contributed by atoms with Gasteiger partial charge in [0.15, 0.2) is 0 Å². The lowest BCUT2D eigenvalue weighted by Gasteiger charge is -2.05. The third-order valence-electron chi connectivity index (χ3n) is 3.63. The number of hydrogen-bond acceptors (Lipinski definition) is 5. The molecule has 7 heteroatoms. The maximum Gasteiger partial charge on any atom is 0.349 e. The lowest BCUT2D eigenvalue weighted by Crippen LogP contribution is -2.29. The summed E-state index contributed by atoms with van der Waals surface area (Å²) in [6, 6.07) is 8.55. The molecule has 0 radical (unpaired) electrons. The predicted octanol–water partition coefficient (Wildman–Crippen LogP) is 1.98. The normalized spacial score (nSPS) is 10.5. The number of para-hydroxylation sites is 1. The van der Waals surface area contributed by atoms with Crippen molar-refractivity contribution in [3.8, 4) is 0 Å². The first kappa shape index (κ1) is 17.7. The zero-order valence-corrected chi connectivity index (χ0v) is 13.2. The van der Waals surface area contributed by atoms with Crippen molar-refractivity contribution in [3.63, 3.8) is 0 Å². The van der Waals surface area contributed by atoms with Gasteiger partial charge in [0.2, 0.25) is 5.91 Å². The molecule has 24 heavy (non-hydrogen) atoms. The highest BCUT2D eigenvalue weighted by Gasteiger charge is 2.12. The molecule has 0 aliphatic heterocycles. The SMILES string of the molecule is O=C(CCCCCCNC(=O)c1cc2ccccc2oc1=O)NO. The number of hydrogen-bond donors (Lipinski definition) is 3. The smallest absolute Gasteiger partial charge is 0.349 e. The highest BCUT2D eigenvalue weighted by Crippen LogP contribution is 2.12. The highest BCUT2D eigenvalue weighted by molar-refractivity contribution is 5.96. The number of carbonyl (C=O) groups excluding carboxylic acids is 2. The number of rotatable bonds is 8. The van der Waals surface area contributed by atoms with Crippen molar-refractivity contribution >= 4 is 22.8 Å². The molecule has 0 unspecified atom stereocenters. The van der Waals surface area contributed by atoms with Gasteiger partial charge in [-0.15, -0.1) is 0 Å². The van der Waals surface area contributed by atoms with E-state index < -0.39 is 17.4 Å². The van der Waals surface area contributed by atoms with E-state index in [-0.39, 0.29) is 12.0 Å². The van der Waals surface area contributed by atoms with Crippen LogP contribution in [0.1, 0.15) is 42.5 Å². The number of nitrogens with one attached hydrogen (secondary N) is 2. The minimum Gasteiger partial charge on any atom is -0.422 e. The first-order valence-corrected chi connectivity index (χ1v) is 7.86. The van der Waals surface area contributed by atoms with Crippen molar-refractivity contribution in [1.29, 1.82) is 0 Å².